The maximum absolute atomic E-state index is 9.77. The molecule has 0 saturated heterocycles. The second-order valence-electron chi connectivity index (χ2n) is 3.73. The first-order valence-electron chi connectivity index (χ1n) is 4.89. The lowest BCUT2D eigenvalue weighted by Gasteiger charge is -2.11. The summed E-state index contributed by atoms with van der Waals surface area (Å²) in [6, 6.07) is 6.25. The van der Waals surface area contributed by atoms with Crippen LogP contribution in [0.5, 0.6) is 0 Å². The Hall–Kier alpha value is -0.820. The molecular formula is C12H18O. The van der Waals surface area contributed by atoms with Crippen LogP contribution >= 0.6 is 0 Å². The van der Waals surface area contributed by atoms with Gasteiger partial charge in [0, 0.05) is 0 Å². The third kappa shape index (κ3) is 2.85. The molecule has 0 aromatic heterocycles. The van der Waals surface area contributed by atoms with Crippen LogP contribution in [0.4, 0.5) is 0 Å². The molecule has 72 valence electrons. The van der Waals surface area contributed by atoms with Gasteiger partial charge in [0.25, 0.3) is 0 Å². The van der Waals surface area contributed by atoms with Crippen molar-refractivity contribution in [2.45, 2.75) is 39.7 Å². The smallest absolute Gasteiger partial charge is 0.0790 e. The first-order valence-corrected chi connectivity index (χ1v) is 4.89. The zero-order valence-electron chi connectivity index (χ0n) is 8.67. The fourth-order valence-electron chi connectivity index (χ4n) is 1.64. The highest BCUT2D eigenvalue weighted by Gasteiger charge is 2.06. The Labute approximate surface area is 80.4 Å². The third-order valence-corrected chi connectivity index (χ3v) is 2.19. The van der Waals surface area contributed by atoms with Gasteiger partial charge in [0.05, 0.1) is 6.10 Å². The van der Waals surface area contributed by atoms with Crippen LogP contribution in [0.1, 0.15) is 42.6 Å². The molecule has 1 unspecified atom stereocenters. The number of hydrogen-bond donors (Lipinski definition) is 1. The normalized spacial score (nSPS) is 12.9. The lowest BCUT2D eigenvalue weighted by molar-refractivity contribution is 0.166. The number of aliphatic hydroxyl groups is 1. The number of rotatable bonds is 3. The SMILES string of the molecule is CCCC(O)c1cc(C)cc(C)c1. The van der Waals surface area contributed by atoms with Gasteiger partial charge in [-0.05, 0) is 25.8 Å². The molecule has 1 atom stereocenters. The van der Waals surface area contributed by atoms with Gasteiger partial charge in [0.2, 0.25) is 0 Å². The molecule has 0 bridgehead atoms. The van der Waals surface area contributed by atoms with Crippen molar-refractivity contribution >= 4 is 0 Å². The Morgan fingerprint density at radius 2 is 1.69 bits per heavy atom. The zero-order valence-corrected chi connectivity index (χ0v) is 8.67. The summed E-state index contributed by atoms with van der Waals surface area (Å²) in [5, 5.41) is 9.77. The summed E-state index contributed by atoms with van der Waals surface area (Å²) in [4.78, 5) is 0. The Morgan fingerprint density at radius 1 is 1.15 bits per heavy atom. The van der Waals surface area contributed by atoms with E-state index in [0.717, 1.165) is 18.4 Å². The molecule has 1 aromatic rings. The maximum atomic E-state index is 9.77. The van der Waals surface area contributed by atoms with Gasteiger partial charge in [0.15, 0.2) is 0 Å². The second-order valence-corrected chi connectivity index (χ2v) is 3.73. The van der Waals surface area contributed by atoms with Gasteiger partial charge in [-0.3, -0.25) is 0 Å². The van der Waals surface area contributed by atoms with Crippen molar-refractivity contribution in [3.05, 3.63) is 34.9 Å². The van der Waals surface area contributed by atoms with Crippen LogP contribution in [-0.4, -0.2) is 5.11 Å². The standard InChI is InChI=1S/C12H18O/c1-4-5-12(13)11-7-9(2)6-10(3)8-11/h6-8,12-13H,4-5H2,1-3H3. The van der Waals surface area contributed by atoms with E-state index in [1.807, 2.05) is 0 Å². The molecule has 0 aliphatic rings. The average molecular weight is 178 g/mol. The molecule has 0 heterocycles. The fourth-order valence-corrected chi connectivity index (χ4v) is 1.64. The minimum atomic E-state index is -0.288. The largest absolute Gasteiger partial charge is 0.388 e. The summed E-state index contributed by atoms with van der Waals surface area (Å²) in [6.07, 6.45) is 1.58. The van der Waals surface area contributed by atoms with Crippen LogP contribution in [-0.2, 0) is 0 Å². The molecule has 1 nitrogen and oxygen atoms in total. The number of aryl methyl sites for hydroxylation is 2. The van der Waals surface area contributed by atoms with Crippen LogP contribution in [0.2, 0.25) is 0 Å². The molecule has 0 aliphatic carbocycles. The van der Waals surface area contributed by atoms with Crippen LogP contribution in [0.15, 0.2) is 18.2 Å². The quantitative estimate of drug-likeness (QED) is 0.754. The lowest BCUT2D eigenvalue weighted by atomic mass is 10.0. The number of benzene rings is 1. The predicted octanol–water partition coefficient (Wildman–Crippen LogP) is 3.14. The number of hydrogen-bond acceptors (Lipinski definition) is 1. The molecule has 1 rings (SSSR count). The van der Waals surface area contributed by atoms with E-state index >= 15 is 0 Å². The van der Waals surface area contributed by atoms with E-state index in [9.17, 15) is 5.11 Å². The average Bonchev–Trinajstić information content (AvgIpc) is 2.03. The minimum Gasteiger partial charge on any atom is -0.388 e. The topological polar surface area (TPSA) is 20.2 Å². The predicted molar refractivity (Wildman–Crippen MR) is 55.8 cm³/mol. The summed E-state index contributed by atoms with van der Waals surface area (Å²) < 4.78 is 0. The molecule has 0 fully saturated rings. The molecule has 13 heavy (non-hydrogen) atoms. The van der Waals surface area contributed by atoms with E-state index in [0.29, 0.717) is 0 Å². The molecule has 0 spiro atoms. The van der Waals surface area contributed by atoms with Crippen LogP contribution in [0.3, 0.4) is 0 Å². The van der Waals surface area contributed by atoms with Gasteiger partial charge in [0.1, 0.15) is 0 Å². The van der Waals surface area contributed by atoms with Crippen molar-refractivity contribution in [2.24, 2.45) is 0 Å². The van der Waals surface area contributed by atoms with Crippen LogP contribution in [0, 0.1) is 13.8 Å². The third-order valence-electron chi connectivity index (χ3n) is 2.19. The minimum absolute atomic E-state index is 0.288. The maximum Gasteiger partial charge on any atom is 0.0790 e. The van der Waals surface area contributed by atoms with E-state index in [2.05, 4.69) is 39.0 Å². The Kier molecular flexibility index (Phi) is 3.49. The summed E-state index contributed by atoms with van der Waals surface area (Å²) in [5.74, 6) is 0. The molecule has 0 amide bonds. The Bertz CT molecular complexity index is 258. The second kappa shape index (κ2) is 4.43. The van der Waals surface area contributed by atoms with Gasteiger partial charge in [-0.15, -0.1) is 0 Å². The van der Waals surface area contributed by atoms with Crippen molar-refractivity contribution in [3.8, 4) is 0 Å². The Morgan fingerprint density at radius 3 is 2.15 bits per heavy atom. The number of aliphatic hydroxyl groups excluding tert-OH is 1. The monoisotopic (exact) mass is 178 g/mol. The molecule has 1 heteroatoms. The van der Waals surface area contributed by atoms with Gasteiger partial charge >= 0.3 is 0 Å². The highest BCUT2D eigenvalue weighted by Crippen LogP contribution is 2.20. The first kappa shape index (κ1) is 10.3. The van der Waals surface area contributed by atoms with Crippen LogP contribution in [0.25, 0.3) is 0 Å². The molecule has 0 aliphatic heterocycles. The van der Waals surface area contributed by atoms with Gasteiger partial charge < -0.3 is 5.11 Å². The van der Waals surface area contributed by atoms with Crippen LogP contribution < -0.4 is 0 Å². The summed E-state index contributed by atoms with van der Waals surface area (Å²) >= 11 is 0. The molecule has 0 saturated carbocycles. The van der Waals surface area contributed by atoms with Crippen molar-refractivity contribution in [3.63, 3.8) is 0 Å². The van der Waals surface area contributed by atoms with Crippen molar-refractivity contribution in [1.29, 1.82) is 0 Å². The van der Waals surface area contributed by atoms with E-state index < -0.39 is 0 Å². The van der Waals surface area contributed by atoms with E-state index in [1.54, 1.807) is 0 Å². The molecule has 1 aromatic carbocycles. The van der Waals surface area contributed by atoms with Crippen molar-refractivity contribution in [1.82, 2.24) is 0 Å². The van der Waals surface area contributed by atoms with E-state index in [1.165, 1.54) is 11.1 Å². The highest BCUT2D eigenvalue weighted by atomic mass is 16.3. The first-order chi connectivity index (χ1) is 6.13. The van der Waals surface area contributed by atoms with Gasteiger partial charge in [-0.25, -0.2) is 0 Å². The highest BCUT2D eigenvalue weighted by molar-refractivity contribution is 5.29. The lowest BCUT2D eigenvalue weighted by Crippen LogP contribution is -1.97. The summed E-state index contributed by atoms with van der Waals surface area (Å²) in [5.41, 5.74) is 3.51. The van der Waals surface area contributed by atoms with E-state index in [4.69, 9.17) is 0 Å². The molecule has 0 radical (unpaired) electrons. The Balaban J connectivity index is 2.87. The zero-order chi connectivity index (χ0) is 9.84. The molecule has 1 N–H and O–H groups in total. The van der Waals surface area contributed by atoms with E-state index in [-0.39, 0.29) is 6.10 Å². The van der Waals surface area contributed by atoms with Gasteiger partial charge in [-0.2, -0.15) is 0 Å². The summed E-state index contributed by atoms with van der Waals surface area (Å²) in [7, 11) is 0. The van der Waals surface area contributed by atoms with Gasteiger partial charge in [-0.1, -0.05) is 42.7 Å². The van der Waals surface area contributed by atoms with Crippen molar-refractivity contribution < 1.29 is 5.11 Å². The van der Waals surface area contributed by atoms with Crippen molar-refractivity contribution in [2.75, 3.05) is 0 Å². The fraction of sp³-hybridized carbons (Fsp3) is 0.500. The molecular weight excluding hydrogens is 160 g/mol. The summed E-state index contributed by atoms with van der Waals surface area (Å²) in [6.45, 7) is 6.22.